The number of hydrogen-bond acceptors (Lipinski definition) is 3. The SMILES string of the molecule is CC(N)c1ccc(OC2CCOC2)cc1Cl. The third-order valence-corrected chi connectivity index (χ3v) is 2.98. The predicted octanol–water partition coefficient (Wildman–Crippen LogP) is 2.53. The molecule has 1 aliphatic rings. The molecule has 0 bridgehead atoms. The molecule has 88 valence electrons. The summed E-state index contributed by atoms with van der Waals surface area (Å²) in [5.41, 5.74) is 6.72. The van der Waals surface area contributed by atoms with Crippen LogP contribution in [0.3, 0.4) is 0 Å². The largest absolute Gasteiger partial charge is 0.488 e. The molecule has 1 aromatic rings. The van der Waals surface area contributed by atoms with Crippen molar-refractivity contribution < 1.29 is 9.47 Å². The Bertz CT molecular complexity index is 362. The van der Waals surface area contributed by atoms with Crippen molar-refractivity contribution in [2.75, 3.05) is 13.2 Å². The molecule has 2 rings (SSSR count). The lowest BCUT2D eigenvalue weighted by molar-refractivity contribution is 0.141. The Kier molecular flexibility index (Phi) is 3.69. The molecule has 0 radical (unpaired) electrons. The van der Waals surface area contributed by atoms with Gasteiger partial charge in [-0.05, 0) is 24.6 Å². The first kappa shape index (κ1) is 11.7. The Balaban J connectivity index is 2.08. The lowest BCUT2D eigenvalue weighted by Crippen LogP contribution is -2.15. The van der Waals surface area contributed by atoms with E-state index >= 15 is 0 Å². The molecule has 0 aromatic heterocycles. The molecular formula is C12H16ClNO2. The van der Waals surface area contributed by atoms with Gasteiger partial charge in [0.15, 0.2) is 0 Å². The van der Waals surface area contributed by atoms with E-state index in [-0.39, 0.29) is 12.1 Å². The second kappa shape index (κ2) is 5.04. The van der Waals surface area contributed by atoms with Gasteiger partial charge in [0.05, 0.1) is 13.2 Å². The maximum absolute atomic E-state index is 6.12. The Morgan fingerprint density at radius 1 is 1.56 bits per heavy atom. The lowest BCUT2D eigenvalue weighted by Gasteiger charge is -2.14. The summed E-state index contributed by atoms with van der Waals surface area (Å²) in [7, 11) is 0. The van der Waals surface area contributed by atoms with Crippen molar-refractivity contribution in [3.63, 3.8) is 0 Å². The van der Waals surface area contributed by atoms with Gasteiger partial charge in [0.2, 0.25) is 0 Å². The molecular weight excluding hydrogens is 226 g/mol. The first-order valence-corrected chi connectivity index (χ1v) is 5.84. The molecule has 1 saturated heterocycles. The quantitative estimate of drug-likeness (QED) is 0.885. The highest BCUT2D eigenvalue weighted by atomic mass is 35.5. The van der Waals surface area contributed by atoms with Crippen molar-refractivity contribution in [3.05, 3.63) is 28.8 Å². The summed E-state index contributed by atoms with van der Waals surface area (Å²) in [6.45, 7) is 3.34. The van der Waals surface area contributed by atoms with Crippen molar-refractivity contribution in [2.24, 2.45) is 5.73 Å². The van der Waals surface area contributed by atoms with Crippen molar-refractivity contribution in [1.82, 2.24) is 0 Å². The van der Waals surface area contributed by atoms with E-state index < -0.39 is 0 Å². The van der Waals surface area contributed by atoms with Crippen LogP contribution in [0.2, 0.25) is 5.02 Å². The number of benzene rings is 1. The minimum Gasteiger partial charge on any atom is -0.488 e. The second-order valence-electron chi connectivity index (χ2n) is 4.08. The summed E-state index contributed by atoms with van der Waals surface area (Å²) in [5.74, 6) is 0.782. The molecule has 2 N–H and O–H groups in total. The van der Waals surface area contributed by atoms with E-state index in [9.17, 15) is 0 Å². The molecule has 16 heavy (non-hydrogen) atoms. The van der Waals surface area contributed by atoms with Gasteiger partial charge < -0.3 is 15.2 Å². The van der Waals surface area contributed by atoms with Gasteiger partial charge in [-0.2, -0.15) is 0 Å². The number of rotatable bonds is 3. The maximum Gasteiger partial charge on any atom is 0.124 e. The fourth-order valence-corrected chi connectivity index (χ4v) is 2.09. The van der Waals surface area contributed by atoms with Crippen LogP contribution in [0.4, 0.5) is 0 Å². The van der Waals surface area contributed by atoms with Gasteiger partial charge >= 0.3 is 0 Å². The van der Waals surface area contributed by atoms with E-state index in [4.69, 9.17) is 26.8 Å². The summed E-state index contributed by atoms with van der Waals surface area (Å²) >= 11 is 6.12. The summed E-state index contributed by atoms with van der Waals surface area (Å²) in [6, 6.07) is 5.58. The number of ether oxygens (including phenoxy) is 2. The summed E-state index contributed by atoms with van der Waals surface area (Å²) in [5, 5.41) is 0.659. The van der Waals surface area contributed by atoms with Crippen LogP contribution in [-0.4, -0.2) is 19.3 Å². The third kappa shape index (κ3) is 2.67. The highest BCUT2D eigenvalue weighted by Gasteiger charge is 2.17. The molecule has 1 heterocycles. The number of halogens is 1. The Morgan fingerprint density at radius 2 is 2.38 bits per heavy atom. The number of nitrogens with two attached hydrogens (primary N) is 1. The van der Waals surface area contributed by atoms with Crippen molar-refractivity contribution >= 4 is 11.6 Å². The van der Waals surface area contributed by atoms with E-state index in [0.717, 1.165) is 24.3 Å². The topological polar surface area (TPSA) is 44.5 Å². The normalized spacial score (nSPS) is 22.1. The van der Waals surface area contributed by atoms with Crippen LogP contribution in [0, 0.1) is 0 Å². The van der Waals surface area contributed by atoms with Crippen molar-refractivity contribution in [1.29, 1.82) is 0 Å². The van der Waals surface area contributed by atoms with Gasteiger partial charge in [-0.15, -0.1) is 0 Å². The predicted molar refractivity (Wildman–Crippen MR) is 63.9 cm³/mol. The smallest absolute Gasteiger partial charge is 0.124 e. The fourth-order valence-electron chi connectivity index (χ4n) is 1.75. The van der Waals surface area contributed by atoms with Crippen LogP contribution >= 0.6 is 11.6 Å². The first-order valence-electron chi connectivity index (χ1n) is 5.46. The maximum atomic E-state index is 6.12. The van der Waals surface area contributed by atoms with Crippen LogP contribution in [0.1, 0.15) is 24.9 Å². The Hall–Kier alpha value is -0.770. The molecule has 0 aliphatic carbocycles. The highest BCUT2D eigenvalue weighted by molar-refractivity contribution is 6.31. The zero-order chi connectivity index (χ0) is 11.5. The molecule has 1 aliphatic heterocycles. The minimum absolute atomic E-state index is 0.0589. The molecule has 4 heteroatoms. The Morgan fingerprint density at radius 3 is 2.94 bits per heavy atom. The lowest BCUT2D eigenvalue weighted by atomic mass is 10.1. The van der Waals surface area contributed by atoms with Crippen LogP contribution in [0.5, 0.6) is 5.75 Å². The summed E-state index contributed by atoms with van der Waals surface area (Å²) in [4.78, 5) is 0. The minimum atomic E-state index is -0.0589. The molecule has 2 atom stereocenters. The van der Waals surface area contributed by atoms with E-state index in [1.165, 1.54) is 0 Å². The monoisotopic (exact) mass is 241 g/mol. The molecule has 2 unspecified atom stereocenters. The van der Waals surface area contributed by atoms with Gasteiger partial charge in [0, 0.05) is 17.5 Å². The average Bonchev–Trinajstić information content (AvgIpc) is 2.70. The standard InChI is InChI=1S/C12H16ClNO2/c1-8(14)11-3-2-9(6-12(11)13)16-10-4-5-15-7-10/h2-3,6,8,10H,4-5,7,14H2,1H3. The second-order valence-corrected chi connectivity index (χ2v) is 4.48. The van der Waals surface area contributed by atoms with Gasteiger partial charge in [0.25, 0.3) is 0 Å². The van der Waals surface area contributed by atoms with Gasteiger partial charge in [-0.3, -0.25) is 0 Å². The summed E-state index contributed by atoms with van der Waals surface area (Å²) in [6.07, 6.45) is 1.09. The molecule has 3 nitrogen and oxygen atoms in total. The zero-order valence-corrected chi connectivity index (χ0v) is 10.0. The third-order valence-electron chi connectivity index (χ3n) is 2.65. The molecule has 1 fully saturated rings. The van der Waals surface area contributed by atoms with E-state index in [1.807, 2.05) is 25.1 Å². The van der Waals surface area contributed by atoms with E-state index in [1.54, 1.807) is 0 Å². The molecule has 0 saturated carbocycles. The van der Waals surface area contributed by atoms with Crippen LogP contribution < -0.4 is 10.5 Å². The molecule has 0 spiro atoms. The zero-order valence-electron chi connectivity index (χ0n) is 9.28. The fraction of sp³-hybridized carbons (Fsp3) is 0.500. The van der Waals surface area contributed by atoms with E-state index in [0.29, 0.717) is 11.6 Å². The van der Waals surface area contributed by atoms with Crippen molar-refractivity contribution in [3.8, 4) is 5.75 Å². The van der Waals surface area contributed by atoms with Gasteiger partial charge in [-0.25, -0.2) is 0 Å². The van der Waals surface area contributed by atoms with Crippen molar-refractivity contribution in [2.45, 2.75) is 25.5 Å². The van der Waals surface area contributed by atoms with Crippen LogP contribution in [0.15, 0.2) is 18.2 Å². The molecule has 1 aromatic carbocycles. The van der Waals surface area contributed by atoms with Gasteiger partial charge in [0.1, 0.15) is 11.9 Å². The average molecular weight is 242 g/mol. The van der Waals surface area contributed by atoms with E-state index in [2.05, 4.69) is 0 Å². The number of hydrogen-bond donors (Lipinski definition) is 1. The van der Waals surface area contributed by atoms with Gasteiger partial charge in [-0.1, -0.05) is 17.7 Å². The highest BCUT2D eigenvalue weighted by Crippen LogP contribution is 2.27. The van der Waals surface area contributed by atoms with Crippen LogP contribution in [0.25, 0.3) is 0 Å². The molecule has 0 amide bonds. The summed E-state index contributed by atoms with van der Waals surface area (Å²) < 4.78 is 11.0. The Labute approximate surface area is 100 Å². The first-order chi connectivity index (χ1) is 7.66. The van der Waals surface area contributed by atoms with Crippen LogP contribution in [-0.2, 0) is 4.74 Å².